The van der Waals surface area contributed by atoms with Crippen molar-refractivity contribution in [3.8, 4) is 0 Å². The van der Waals surface area contributed by atoms with Crippen molar-refractivity contribution < 1.29 is 0 Å². The molecule has 0 aliphatic heterocycles. The molecule has 3 nitrogen and oxygen atoms in total. The quantitative estimate of drug-likeness (QED) is 0.696. The van der Waals surface area contributed by atoms with Crippen LogP contribution in [-0.2, 0) is 6.42 Å². The van der Waals surface area contributed by atoms with E-state index in [-0.39, 0.29) is 0 Å². The number of halogens is 1. The second-order valence-corrected chi connectivity index (χ2v) is 4.13. The maximum Gasteiger partial charge on any atom is 0.160 e. The molecule has 4 heteroatoms. The van der Waals surface area contributed by atoms with Crippen molar-refractivity contribution in [2.75, 3.05) is 0 Å². The number of aromatic nitrogens is 3. The topological polar surface area (TPSA) is 30.2 Å². The average Bonchev–Trinajstić information content (AvgIpc) is 2.50. The van der Waals surface area contributed by atoms with E-state index in [1.54, 1.807) is 4.52 Å². The maximum atomic E-state index is 6.26. The first-order chi connectivity index (χ1) is 7.06. The molecule has 0 fully saturated rings. The molecule has 2 aromatic rings. The van der Waals surface area contributed by atoms with E-state index in [9.17, 15) is 0 Å². The van der Waals surface area contributed by atoms with Crippen LogP contribution in [0.5, 0.6) is 0 Å². The van der Waals surface area contributed by atoms with Crippen molar-refractivity contribution in [3.05, 3.63) is 27.7 Å². The van der Waals surface area contributed by atoms with Gasteiger partial charge in [-0.25, -0.2) is 9.50 Å². The Morgan fingerprint density at radius 2 is 1.87 bits per heavy atom. The number of hydrogen-bond acceptors (Lipinski definition) is 2. The highest BCUT2D eigenvalue weighted by molar-refractivity contribution is 6.30. The van der Waals surface area contributed by atoms with Gasteiger partial charge in [-0.15, -0.1) is 0 Å². The van der Waals surface area contributed by atoms with Gasteiger partial charge in [0.05, 0.1) is 5.69 Å². The van der Waals surface area contributed by atoms with Crippen LogP contribution in [-0.4, -0.2) is 14.6 Å². The number of nitrogens with zero attached hydrogens (tertiary/aromatic N) is 3. The summed E-state index contributed by atoms with van der Waals surface area (Å²) in [5, 5.41) is 5.04. The normalized spacial score (nSPS) is 11.3. The maximum absolute atomic E-state index is 6.26. The third kappa shape index (κ3) is 1.42. The molecule has 0 spiro atoms. The molecule has 0 aromatic carbocycles. The van der Waals surface area contributed by atoms with Crippen molar-refractivity contribution in [2.45, 2.75) is 34.1 Å². The fourth-order valence-electron chi connectivity index (χ4n) is 1.69. The lowest BCUT2D eigenvalue weighted by Gasteiger charge is -2.06. The molecular weight excluding hydrogens is 210 g/mol. The van der Waals surface area contributed by atoms with Crippen molar-refractivity contribution in [3.63, 3.8) is 0 Å². The number of rotatable bonds is 1. The van der Waals surface area contributed by atoms with E-state index >= 15 is 0 Å². The van der Waals surface area contributed by atoms with Crippen molar-refractivity contribution >= 4 is 17.2 Å². The highest BCUT2D eigenvalue weighted by Gasteiger charge is 2.13. The third-order valence-corrected chi connectivity index (χ3v) is 3.28. The van der Waals surface area contributed by atoms with Gasteiger partial charge in [-0.1, -0.05) is 18.5 Å². The zero-order valence-electron chi connectivity index (χ0n) is 9.43. The van der Waals surface area contributed by atoms with Gasteiger partial charge in [-0.05, 0) is 27.2 Å². The van der Waals surface area contributed by atoms with Crippen LogP contribution in [0.4, 0.5) is 0 Å². The van der Waals surface area contributed by atoms with Crippen LogP contribution in [0, 0.1) is 20.8 Å². The van der Waals surface area contributed by atoms with Crippen molar-refractivity contribution in [1.29, 1.82) is 0 Å². The Morgan fingerprint density at radius 1 is 1.20 bits per heavy atom. The third-order valence-electron chi connectivity index (χ3n) is 2.83. The van der Waals surface area contributed by atoms with Gasteiger partial charge in [0.1, 0.15) is 5.15 Å². The van der Waals surface area contributed by atoms with E-state index in [2.05, 4.69) is 17.0 Å². The Kier molecular flexibility index (Phi) is 2.43. The summed E-state index contributed by atoms with van der Waals surface area (Å²) in [5.41, 5.74) is 5.04. The van der Waals surface area contributed by atoms with Crippen LogP contribution in [0.25, 0.3) is 5.65 Å². The summed E-state index contributed by atoms with van der Waals surface area (Å²) in [6, 6.07) is 0. The molecule has 0 unspecified atom stereocenters. The first-order valence-electron chi connectivity index (χ1n) is 5.07. The second-order valence-electron chi connectivity index (χ2n) is 3.77. The van der Waals surface area contributed by atoms with Gasteiger partial charge in [0.25, 0.3) is 0 Å². The predicted octanol–water partition coefficient (Wildman–Crippen LogP) is 2.87. The van der Waals surface area contributed by atoms with Gasteiger partial charge in [-0.2, -0.15) is 5.10 Å². The smallest absolute Gasteiger partial charge is 0.160 e. The first-order valence-corrected chi connectivity index (χ1v) is 5.45. The Morgan fingerprint density at radius 3 is 2.47 bits per heavy atom. The van der Waals surface area contributed by atoms with Gasteiger partial charge >= 0.3 is 0 Å². The molecule has 80 valence electrons. The van der Waals surface area contributed by atoms with E-state index in [0.717, 1.165) is 34.6 Å². The molecule has 0 saturated heterocycles. The minimum Gasteiger partial charge on any atom is -0.233 e. The summed E-state index contributed by atoms with van der Waals surface area (Å²) in [4.78, 5) is 4.59. The largest absolute Gasteiger partial charge is 0.233 e. The van der Waals surface area contributed by atoms with Crippen LogP contribution in [0.3, 0.4) is 0 Å². The number of hydrogen-bond donors (Lipinski definition) is 0. The summed E-state index contributed by atoms with van der Waals surface area (Å²) in [6.45, 7) is 8.07. The molecule has 0 saturated carbocycles. The monoisotopic (exact) mass is 223 g/mol. The van der Waals surface area contributed by atoms with Crippen molar-refractivity contribution in [2.24, 2.45) is 0 Å². The lowest BCUT2D eigenvalue weighted by Crippen LogP contribution is -2.01. The van der Waals surface area contributed by atoms with Crippen LogP contribution >= 0.6 is 11.6 Å². The van der Waals surface area contributed by atoms with Crippen LogP contribution in [0.2, 0.25) is 5.15 Å². The zero-order valence-corrected chi connectivity index (χ0v) is 10.2. The van der Waals surface area contributed by atoms with E-state index in [0.29, 0.717) is 5.15 Å². The molecule has 2 rings (SSSR count). The van der Waals surface area contributed by atoms with Gasteiger partial charge < -0.3 is 0 Å². The summed E-state index contributed by atoms with van der Waals surface area (Å²) in [6.07, 6.45) is 0.895. The molecule has 15 heavy (non-hydrogen) atoms. The summed E-state index contributed by atoms with van der Waals surface area (Å²) >= 11 is 6.26. The second kappa shape index (κ2) is 3.49. The molecule has 2 heterocycles. The van der Waals surface area contributed by atoms with Crippen LogP contribution < -0.4 is 0 Å². The predicted molar refractivity (Wildman–Crippen MR) is 61.6 cm³/mol. The SMILES string of the molecule is CCc1nc2c(C)c(C)nn2c(Cl)c1C. The molecule has 0 N–H and O–H groups in total. The Hall–Kier alpha value is -1.09. The van der Waals surface area contributed by atoms with Gasteiger partial charge in [0, 0.05) is 16.8 Å². The summed E-state index contributed by atoms with van der Waals surface area (Å²) in [5.74, 6) is 0. The van der Waals surface area contributed by atoms with Gasteiger partial charge in [-0.3, -0.25) is 0 Å². The fourth-order valence-corrected chi connectivity index (χ4v) is 1.92. The van der Waals surface area contributed by atoms with Gasteiger partial charge in [0.15, 0.2) is 5.65 Å². The van der Waals surface area contributed by atoms with Crippen LogP contribution in [0.1, 0.15) is 29.4 Å². The molecule has 0 aliphatic carbocycles. The zero-order chi connectivity index (χ0) is 11.2. The standard InChI is InChI=1S/C11H14ClN3/c1-5-9-7(3)10(12)15-11(13-9)6(2)8(4)14-15/h5H2,1-4H3. The molecular formula is C11H14ClN3. The van der Waals surface area contributed by atoms with E-state index in [1.165, 1.54) is 0 Å². The molecule has 0 atom stereocenters. The number of fused-ring (bicyclic) bond motifs is 1. The lowest BCUT2D eigenvalue weighted by atomic mass is 10.2. The summed E-state index contributed by atoms with van der Waals surface area (Å²) < 4.78 is 1.72. The highest BCUT2D eigenvalue weighted by atomic mass is 35.5. The first kappa shape index (κ1) is 10.4. The minimum atomic E-state index is 0.674. The van der Waals surface area contributed by atoms with Crippen molar-refractivity contribution in [1.82, 2.24) is 14.6 Å². The van der Waals surface area contributed by atoms with Crippen LogP contribution in [0.15, 0.2) is 0 Å². The summed E-state index contributed by atoms with van der Waals surface area (Å²) in [7, 11) is 0. The van der Waals surface area contributed by atoms with E-state index < -0.39 is 0 Å². The van der Waals surface area contributed by atoms with Gasteiger partial charge in [0.2, 0.25) is 0 Å². The Labute approximate surface area is 94.1 Å². The molecule has 0 amide bonds. The highest BCUT2D eigenvalue weighted by Crippen LogP contribution is 2.22. The van der Waals surface area contributed by atoms with E-state index in [1.807, 2.05) is 20.8 Å². The molecule has 0 radical (unpaired) electrons. The molecule has 0 bridgehead atoms. The average molecular weight is 224 g/mol. The Balaban J connectivity index is 2.90. The Bertz CT molecular complexity index is 528. The molecule has 2 aromatic heterocycles. The molecule has 0 aliphatic rings. The fraction of sp³-hybridized carbons (Fsp3) is 0.455. The minimum absolute atomic E-state index is 0.674. The van der Waals surface area contributed by atoms with E-state index in [4.69, 9.17) is 11.6 Å². The number of aryl methyl sites for hydroxylation is 3. The lowest BCUT2D eigenvalue weighted by molar-refractivity contribution is 0.882.